The quantitative estimate of drug-likeness (QED) is 0.548. The number of hydrogen-bond donors (Lipinski definition) is 3. The van der Waals surface area contributed by atoms with Gasteiger partial charge in [-0.3, -0.25) is 4.79 Å². The van der Waals surface area contributed by atoms with Crippen molar-refractivity contribution in [3.63, 3.8) is 0 Å². The fourth-order valence-electron chi connectivity index (χ4n) is 2.49. The standard InChI is InChI=1S/C20H21ClFN3O5/c1-11(24-20(27)28)9-30-18-7-14(21)16(8-23-18)25-19(26)13-4-5-17(15(22)6-13)29-10-12-2-3-12/h4-8,11-12,24H,2-3,9-10H2,1H3,(H,25,26)(H,27,28)/t11-/m0/s1. The minimum absolute atomic E-state index is 0.0514. The molecule has 2 amide bonds. The summed E-state index contributed by atoms with van der Waals surface area (Å²) in [4.78, 5) is 27.0. The number of carboxylic acid groups (broad SMARTS) is 1. The molecule has 1 aromatic heterocycles. The minimum Gasteiger partial charge on any atom is -0.490 e. The number of hydrogen-bond acceptors (Lipinski definition) is 5. The number of carbonyl (C=O) groups is 2. The lowest BCUT2D eigenvalue weighted by Gasteiger charge is -2.13. The van der Waals surface area contributed by atoms with Crippen LogP contribution >= 0.6 is 11.6 Å². The van der Waals surface area contributed by atoms with Crippen molar-refractivity contribution in [2.24, 2.45) is 5.92 Å². The van der Waals surface area contributed by atoms with E-state index in [9.17, 15) is 14.0 Å². The Kier molecular flexibility index (Phi) is 6.94. The molecule has 0 aliphatic heterocycles. The van der Waals surface area contributed by atoms with Crippen LogP contribution in [-0.4, -0.2) is 41.3 Å². The molecule has 3 rings (SSSR count). The molecule has 160 valence electrons. The lowest BCUT2D eigenvalue weighted by molar-refractivity contribution is 0.102. The zero-order valence-corrected chi connectivity index (χ0v) is 16.9. The van der Waals surface area contributed by atoms with Crippen LogP contribution in [0.2, 0.25) is 5.02 Å². The van der Waals surface area contributed by atoms with Gasteiger partial charge in [0, 0.05) is 11.6 Å². The number of carbonyl (C=O) groups excluding carboxylic acids is 1. The number of nitrogens with one attached hydrogen (secondary N) is 2. The zero-order valence-electron chi connectivity index (χ0n) is 16.2. The van der Waals surface area contributed by atoms with Crippen molar-refractivity contribution >= 4 is 29.3 Å². The van der Waals surface area contributed by atoms with E-state index in [0.29, 0.717) is 12.5 Å². The van der Waals surface area contributed by atoms with Crippen molar-refractivity contribution in [3.05, 3.63) is 46.9 Å². The number of pyridine rings is 1. The minimum atomic E-state index is -1.16. The Morgan fingerprint density at radius 3 is 2.73 bits per heavy atom. The summed E-state index contributed by atoms with van der Waals surface area (Å²) in [5.41, 5.74) is 0.330. The Labute approximate surface area is 177 Å². The van der Waals surface area contributed by atoms with Crippen LogP contribution < -0.4 is 20.1 Å². The van der Waals surface area contributed by atoms with Gasteiger partial charge in [-0.25, -0.2) is 14.2 Å². The Morgan fingerprint density at radius 1 is 1.33 bits per heavy atom. The first-order chi connectivity index (χ1) is 14.3. The van der Waals surface area contributed by atoms with Crippen molar-refractivity contribution in [3.8, 4) is 11.6 Å². The summed E-state index contributed by atoms with van der Waals surface area (Å²) in [5.74, 6) is -0.392. The molecule has 10 heteroatoms. The van der Waals surface area contributed by atoms with Crippen LogP contribution in [0.5, 0.6) is 11.6 Å². The Hall–Kier alpha value is -3.07. The first-order valence-corrected chi connectivity index (χ1v) is 9.71. The normalized spacial score (nSPS) is 14.0. The predicted octanol–water partition coefficient (Wildman–Crippen LogP) is 3.95. The van der Waals surface area contributed by atoms with Crippen LogP contribution in [0.3, 0.4) is 0 Å². The molecule has 0 unspecified atom stereocenters. The molecular weight excluding hydrogens is 417 g/mol. The molecular formula is C20H21ClFN3O5. The van der Waals surface area contributed by atoms with Crippen LogP contribution in [0.15, 0.2) is 30.5 Å². The van der Waals surface area contributed by atoms with Gasteiger partial charge in [0.2, 0.25) is 5.88 Å². The lowest BCUT2D eigenvalue weighted by Crippen LogP contribution is -2.35. The van der Waals surface area contributed by atoms with Gasteiger partial charge in [0.25, 0.3) is 5.91 Å². The number of ether oxygens (including phenoxy) is 2. The number of halogens is 2. The molecule has 1 heterocycles. The second kappa shape index (κ2) is 9.62. The number of anilines is 1. The third kappa shape index (κ3) is 6.21. The first-order valence-electron chi connectivity index (χ1n) is 9.33. The topological polar surface area (TPSA) is 110 Å². The number of rotatable bonds is 9. The fourth-order valence-corrected chi connectivity index (χ4v) is 2.68. The summed E-state index contributed by atoms with van der Waals surface area (Å²) in [6.45, 7) is 2.16. The van der Waals surface area contributed by atoms with Crippen molar-refractivity contribution < 1.29 is 28.6 Å². The maximum atomic E-state index is 14.2. The summed E-state index contributed by atoms with van der Waals surface area (Å²) in [6, 6.07) is 4.94. The van der Waals surface area contributed by atoms with E-state index in [1.807, 2.05) is 0 Å². The highest BCUT2D eigenvalue weighted by molar-refractivity contribution is 6.34. The van der Waals surface area contributed by atoms with Crippen LogP contribution in [-0.2, 0) is 0 Å². The average molecular weight is 438 g/mol. The molecule has 1 aliphatic rings. The molecule has 8 nitrogen and oxygen atoms in total. The molecule has 1 aliphatic carbocycles. The summed E-state index contributed by atoms with van der Waals surface area (Å²) in [6.07, 6.45) is 2.33. The third-order valence-electron chi connectivity index (χ3n) is 4.29. The number of aromatic nitrogens is 1. The Bertz CT molecular complexity index is 939. The van der Waals surface area contributed by atoms with E-state index in [1.54, 1.807) is 6.92 Å². The average Bonchev–Trinajstić information content (AvgIpc) is 3.51. The van der Waals surface area contributed by atoms with Gasteiger partial charge in [0.05, 0.1) is 29.6 Å². The monoisotopic (exact) mass is 437 g/mol. The van der Waals surface area contributed by atoms with Gasteiger partial charge in [-0.05, 0) is 43.9 Å². The molecule has 0 spiro atoms. The predicted molar refractivity (Wildman–Crippen MR) is 108 cm³/mol. The third-order valence-corrected chi connectivity index (χ3v) is 4.61. The zero-order chi connectivity index (χ0) is 21.7. The fraction of sp³-hybridized carbons (Fsp3) is 0.350. The van der Waals surface area contributed by atoms with Crippen molar-refractivity contribution in [1.82, 2.24) is 10.3 Å². The van der Waals surface area contributed by atoms with E-state index in [0.717, 1.165) is 18.9 Å². The lowest BCUT2D eigenvalue weighted by atomic mass is 10.2. The number of amides is 2. The smallest absolute Gasteiger partial charge is 0.404 e. The molecule has 30 heavy (non-hydrogen) atoms. The van der Waals surface area contributed by atoms with Gasteiger partial charge in [-0.2, -0.15) is 0 Å². The van der Waals surface area contributed by atoms with E-state index in [2.05, 4.69) is 15.6 Å². The molecule has 1 fully saturated rings. The van der Waals surface area contributed by atoms with Gasteiger partial charge < -0.3 is 25.2 Å². The van der Waals surface area contributed by atoms with E-state index in [4.69, 9.17) is 26.2 Å². The van der Waals surface area contributed by atoms with Crippen LogP contribution in [0.1, 0.15) is 30.1 Å². The molecule has 0 bridgehead atoms. The molecule has 1 atom stereocenters. The van der Waals surface area contributed by atoms with Gasteiger partial charge in [-0.15, -0.1) is 0 Å². The van der Waals surface area contributed by atoms with Crippen LogP contribution in [0.4, 0.5) is 14.9 Å². The summed E-state index contributed by atoms with van der Waals surface area (Å²) in [7, 11) is 0. The largest absolute Gasteiger partial charge is 0.490 e. The highest BCUT2D eigenvalue weighted by Gasteiger charge is 2.22. The Balaban J connectivity index is 1.57. The Morgan fingerprint density at radius 2 is 2.10 bits per heavy atom. The molecule has 3 N–H and O–H groups in total. The maximum Gasteiger partial charge on any atom is 0.404 e. The molecule has 0 radical (unpaired) electrons. The van der Waals surface area contributed by atoms with Crippen molar-refractivity contribution in [2.45, 2.75) is 25.8 Å². The highest BCUT2D eigenvalue weighted by atomic mass is 35.5. The van der Waals surface area contributed by atoms with Crippen molar-refractivity contribution in [2.75, 3.05) is 18.5 Å². The number of benzene rings is 1. The van der Waals surface area contributed by atoms with Gasteiger partial charge in [-0.1, -0.05) is 11.6 Å². The second-order valence-electron chi connectivity index (χ2n) is 7.02. The number of nitrogens with zero attached hydrogens (tertiary/aromatic N) is 1. The second-order valence-corrected chi connectivity index (χ2v) is 7.42. The maximum absolute atomic E-state index is 14.2. The van der Waals surface area contributed by atoms with Crippen molar-refractivity contribution in [1.29, 1.82) is 0 Å². The van der Waals surface area contributed by atoms with Gasteiger partial charge >= 0.3 is 6.09 Å². The van der Waals surface area contributed by atoms with E-state index in [-0.39, 0.29) is 34.5 Å². The van der Waals surface area contributed by atoms with Crippen LogP contribution in [0, 0.1) is 11.7 Å². The van der Waals surface area contributed by atoms with E-state index >= 15 is 0 Å². The van der Waals surface area contributed by atoms with Crippen LogP contribution in [0.25, 0.3) is 0 Å². The molecule has 1 aromatic carbocycles. The summed E-state index contributed by atoms with van der Waals surface area (Å²) < 4.78 is 25.0. The SMILES string of the molecule is C[C@@H](COc1cc(Cl)c(NC(=O)c2ccc(OCC3CC3)c(F)c2)cn1)NC(=O)O. The van der Waals surface area contributed by atoms with E-state index in [1.165, 1.54) is 24.4 Å². The van der Waals surface area contributed by atoms with E-state index < -0.39 is 23.9 Å². The molecule has 0 saturated heterocycles. The molecule has 1 saturated carbocycles. The summed E-state index contributed by atoms with van der Waals surface area (Å²) in [5, 5.41) is 13.6. The highest BCUT2D eigenvalue weighted by Crippen LogP contribution is 2.30. The first kappa shape index (κ1) is 21.6. The van der Waals surface area contributed by atoms with Gasteiger partial charge in [0.1, 0.15) is 6.61 Å². The molecule has 2 aromatic rings. The van der Waals surface area contributed by atoms with Gasteiger partial charge in [0.15, 0.2) is 11.6 Å². The summed E-state index contributed by atoms with van der Waals surface area (Å²) >= 11 is 6.16.